The quantitative estimate of drug-likeness (QED) is 0.227. The molecule has 0 unspecified atom stereocenters. The average Bonchev–Trinajstić information content (AvgIpc) is 2.46. The van der Waals surface area contributed by atoms with Gasteiger partial charge in [0.05, 0.1) is 0 Å². The fourth-order valence-corrected chi connectivity index (χ4v) is 1.53. The molecule has 0 saturated heterocycles. The van der Waals surface area contributed by atoms with Crippen LogP contribution in [0.25, 0.3) is 0 Å². The average molecular weight is 297 g/mol. The van der Waals surface area contributed by atoms with Crippen LogP contribution in [-0.4, -0.2) is 27.2 Å². The minimum atomic E-state index is -0.982. The summed E-state index contributed by atoms with van der Waals surface area (Å²) in [7, 11) is 0. The van der Waals surface area contributed by atoms with Crippen LogP contribution in [-0.2, 0) is 6.42 Å². The first kappa shape index (κ1) is 16.5. The van der Waals surface area contributed by atoms with Crippen molar-refractivity contribution in [2.45, 2.75) is 32.6 Å². The summed E-state index contributed by atoms with van der Waals surface area (Å²) in [6.45, 7) is 2.05. The van der Waals surface area contributed by atoms with E-state index in [0.717, 1.165) is 19.3 Å². The highest BCUT2D eigenvalue weighted by Crippen LogP contribution is 2.17. The Labute approximate surface area is 121 Å². The van der Waals surface area contributed by atoms with Crippen LogP contribution in [0.3, 0.4) is 0 Å². The van der Waals surface area contributed by atoms with Gasteiger partial charge in [-0.1, -0.05) is 19.8 Å². The van der Waals surface area contributed by atoms with Crippen molar-refractivity contribution in [3.8, 4) is 0 Å². The van der Waals surface area contributed by atoms with E-state index in [9.17, 15) is 9.59 Å². The number of aryl methyl sites for hydroxylation is 1. The van der Waals surface area contributed by atoms with E-state index in [1.165, 1.54) is 0 Å². The molecule has 11 heteroatoms. The molecule has 0 spiro atoms. The molecule has 0 fully saturated rings. The lowest BCUT2D eigenvalue weighted by Crippen LogP contribution is -2.45. The number of unbranched alkanes of at least 4 members (excludes halogenated alkanes) is 2. The number of hydrogen-bond acceptors (Lipinski definition) is 7. The number of primary amides is 2. The number of carbonyl (C=O) groups excluding carboxylic acids is 2. The van der Waals surface area contributed by atoms with Crippen molar-refractivity contribution in [2.24, 2.45) is 23.2 Å². The third-order valence-electron chi connectivity index (χ3n) is 2.66. The molecule has 1 heterocycles. The summed E-state index contributed by atoms with van der Waals surface area (Å²) >= 11 is 0. The first-order chi connectivity index (χ1) is 9.88. The van der Waals surface area contributed by atoms with Crippen LogP contribution in [0.2, 0.25) is 0 Å². The summed E-state index contributed by atoms with van der Waals surface area (Å²) in [6, 6.07) is -1.91. The summed E-state index contributed by atoms with van der Waals surface area (Å²) in [5.41, 5.74) is 10.5. The van der Waals surface area contributed by atoms with Gasteiger partial charge in [0.25, 0.3) is 5.95 Å². The topological polar surface area (TPSA) is 183 Å². The van der Waals surface area contributed by atoms with E-state index in [2.05, 4.69) is 15.2 Å². The van der Waals surface area contributed by atoms with Crippen LogP contribution in [0.4, 0.5) is 21.4 Å². The summed E-state index contributed by atoms with van der Waals surface area (Å²) in [6.07, 6.45) is 3.29. The molecule has 116 valence electrons. The van der Waals surface area contributed by atoms with Crippen LogP contribution in [0, 0.1) is 0 Å². The lowest BCUT2D eigenvalue weighted by Gasteiger charge is -2.18. The Balaban J connectivity index is 3.13. The number of rotatable bonds is 6. The molecule has 0 aliphatic rings. The molecule has 0 radical (unpaired) electrons. The van der Waals surface area contributed by atoms with Gasteiger partial charge in [0.1, 0.15) is 5.69 Å². The van der Waals surface area contributed by atoms with Crippen LogP contribution in [0.1, 0.15) is 31.9 Å². The largest absolute Gasteiger partial charge is 0.350 e. The molecule has 0 atom stereocenters. The minimum absolute atomic E-state index is 0.0136. The molecule has 0 aliphatic heterocycles. The first-order valence-electron chi connectivity index (χ1n) is 6.30. The van der Waals surface area contributed by atoms with Crippen molar-refractivity contribution in [1.29, 1.82) is 0 Å². The zero-order chi connectivity index (χ0) is 16.0. The van der Waals surface area contributed by atoms with Crippen molar-refractivity contribution >= 4 is 23.8 Å². The summed E-state index contributed by atoms with van der Waals surface area (Å²) < 4.78 is 0. The lowest BCUT2D eigenvalue weighted by molar-refractivity contribution is 0.253. The fourth-order valence-electron chi connectivity index (χ4n) is 1.53. The highest BCUT2D eigenvalue weighted by molar-refractivity contribution is 5.90. The molecule has 0 aliphatic carbocycles. The number of hydrazine groups is 2. The maximum atomic E-state index is 11.2. The van der Waals surface area contributed by atoms with Crippen LogP contribution in [0.15, 0.2) is 0 Å². The Morgan fingerprint density at radius 1 is 1.05 bits per heavy atom. The SMILES string of the molecule is CCCCCc1nnc(N(N)C(N)=O)nc1N(N)C(N)=O. The van der Waals surface area contributed by atoms with Gasteiger partial charge in [-0.2, -0.15) is 9.99 Å². The van der Waals surface area contributed by atoms with Crippen LogP contribution in [0.5, 0.6) is 0 Å². The van der Waals surface area contributed by atoms with Gasteiger partial charge < -0.3 is 11.5 Å². The van der Waals surface area contributed by atoms with E-state index >= 15 is 0 Å². The predicted molar refractivity (Wildman–Crippen MR) is 75.6 cm³/mol. The lowest BCUT2D eigenvalue weighted by atomic mass is 10.1. The Bertz CT molecular complexity index is 521. The zero-order valence-electron chi connectivity index (χ0n) is 11.7. The van der Waals surface area contributed by atoms with Gasteiger partial charge in [0.15, 0.2) is 5.82 Å². The number of carbonyl (C=O) groups is 2. The van der Waals surface area contributed by atoms with Crippen molar-refractivity contribution in [1.82, 2.24) is 15.2 Å². The molecule has 8 N–H and O–H groups in total. The van der Waals surface area contributed by atoms with E-state index in [0.29, 0.717) is 22.1 Å². The van der Waals surface area contributed by atoms with Gasteiger partial charge in [-0.3, -0.25) is 0 Å². The van der Waals surface area contributed by atoms with E-state index in [1.54, 1.807) is 0 Å². The van der Waals surface area contributed by atoms with Gasteiger partial charge in [0, 0.05) is 0 Å². The molecule has 0 aromatic carbocycles. The summed E-state index contributed by atoms with van der Waals surface area (Å²) in [4.78, 5) is 26.1. The van der Waals surface area contributed by atoms with Crippen LogP contribution >= 0.6 is 0 Å². The number of nitrogens with zero attached hydrogens (tertiary/aromatic N) is 5. The maximum Gasteiger partial charge on any atom is 0.336 e. The van der Waals surface area contributed by atoms with Gasteiger partial charge in [0.2, 0.25) is 0 Å². The maximum absolute atomic E-state index is 11.2. The second-order valence-electron chi connectivity index (χ2n) is 4.26. The smallest absolute Gasteiger partial charge is 0.336 e. The minimum Gasteiger partial charge on any atom is -0.350 e. The molecule has 11 nitrogen and oxygen atoms in total. The molecule has 1 rings (SSSR count). The van der Waals surface area contributed by atoms with Crippen molar-refractivity contribution in [3.63, 3.8) is 0 Å². The second kappa shape index (κ2) is 7.31. The fraction of sp³-hybridized carbons (Fsp3) is 0.500. The number of anilines is 2. The zero-order valence-corrected chi connectivity index (χ0v) is 11.7. The summed E-state index contributed by atoms with van der Waals surface area (Å²) in [5.74, 6) is 10.6. The van der Waals surface area contributed by atoms with Gasteiger partial charge in [-0.05, 0) is 12.8 Å². The predicted octanol–water partition coefficient (Wildman–Crippen LogP) is -0.878. The Morgan fingerprint density at radius 3 is 2.19 bits per heavy atom. The number of aromatic nitrogens is 3. The molecule has 0 bridgehead atoms. The van der Waals surface area contributed by atoms with Gasteiger partial charge in [-0.15, -0.1) is 10.2 Å². The molecule has 4 amide bonds. The van der Waals surface area contributed by atoms with Crippen molar-refractivity contribution in [2.75, 3.05) is 10.0 Å². The molecule has 1 aromatic rings. The molecular formula is C10H19N9O2. The molecule has 21 heavy (non-hydrogen) atoms. The molecular weight excluding hydrogens is 278 g/mol. The summed E-state index contributed by atoms with van der Waals surface area (Å²) in [5, 5.41) is 8.68. The van der Waals surface area contributed by atoms with Crippen LogP contribution < -0.4 is 33.2 Å². The van der Waals surface area contributed by atoms with Gasteiger partial charge in [-0.25, -0.2) is 26.3 Å². The Hall–Kier alpha value is -2.53. The van der Waals surface area contributed by atoms with Crippen molar-refractivity contribution < 1.29 is 9.59 Å². The Morgan fingerprint density at radius 2 is 1.67 bits per heavy atom. The second-order valence-corrected chi connectivity index (χ2v) is 4.26. The van der Waals surface area contributed by atoms with Crippen molar-refractivity contribution in [3.05, 3.63) is 5.69 Å². The van der Waals surface area contributed by atoms with E-state index < -0.39 is 12.1 Å². The third kappa shape index (κ3) is 4.22. The number of hydrogen-bond donors (Lipinski definition) is 4. The van der Waals surface area contributed by atoms with E-state index in [-0.39, 0.29) is 11.8 Å². The standard InChI is InChI=1S/C10H19N9O2/c1-2-3-4-5-6-7(18(13)8(11)20)15-10(17-16-6)19(14)9(12)21/h2-5,13-14H2,1H3,(H2,11,20)(H2,12,21). The third-order valence-corrected chi connectivity index (χ3v) is 2.66. The number of nitrogens with two attached hydrogens (primary N) is 4. The molecule has 1 aromatic heterocycles. The highest BCUT2D eigenvalue weighted by atomic mass is 16.2. The number of urea groups is 2. The Kier molecular flexibility index (Phi) is 5.75. The normalized spacial score (nSPS) is 10.2. The monoisotopic (exact) mass is 297 g/mol. The van der Waals surface area contributed by atoms with Gasteiger partial charge >= 0.3 is 12.1 Å². The highest BCUT2D eigenvalue weighted by Gasteiger charge is 2.20. The van der Waals surface area contributed by atoms with E-state index in [4.69, 9.17) is 23.2 Å². The van der Waals surface area contributed by atoms with E-state index in [1.807, 2.05) is 6.92 Å². The molecule has 0 saturated carbocycles. The number of amides is 4. The first-order valence-corrected chi connectivity index (χ1v) is 6.30.